The molecule has 0 saturated heterocycles. The Bertz CT molecular complexity index is 547. The third-order valence-electron chi connectivity index (χ3n) is 3.22. The number of hydrogen-bond donors (Lipinski definition) is 3. The molecule has 0 spiro atoms. The number of benzene rings is 1. The smallest absolute Gasteiger partial charge is 0.325 e. The van der Waals surface area contributed by atoms with Gasteiger partial charge in [0.15, 0.2) is 5.96 Å². The maximum atomic E-state index is 10.7. The van der Waals surface area contributed by atoms with Crippen molar-refractivity contribution in [3.8, 4) is 6.07 Å². The van der Waals surface area contributed by atoms with Crippen LogP contribution in [0.4, 0.5) is 5.69 Å². The lowest BCUT2D eigenvalue weighted by atomic mass is 10.1. The number of hydrogen-bond acceptors (Lipinski definition) is 3. The molecule has 0 fully saturated rings. The highest BCUT2D eigenvalue weighted by Gasteiger charge is 2.02. The van der Waals surface area contributed by atoms with E-state index in [9.17, 15) is 4.79 Å². The molecule has 3 N–H and O–H groups in total. The van der Waals surface area contributed by atoms with Gasteiger partial charge in [-0.05, 0) is 30.7 Å². The molecule has 0 bridgehead atoms. The van der Waals surface area contributed by atoms with Gasteiger partial charge in [-0.15, -0.1) is 0 Å². The number of anilines is 1. The van der Waals surface area contributed by atoms with E-state index in [0.29, 0.717) is 11.5 Å². The summed E-state index contributed by atoms with van der Waals surface area (Å²) in [5.41, 5.74) is 1.33. The van der Waals surface area contributed by atoms with Crippen LogP contribution >= 0.6 is 0 Å². The van der Waals surface area contributed by atoms with Gasteiger partial charge < -0.3 is 15.7 Å². The summed E-state index contributed by atoms with van der Waals surface area (Å²) < 4.78 is 0. The van der Waals surface area contributed by atoms with Crippen LogP contribution in [0, 0.1) is 11.3 Å². The first kappa shape index (κ1) is 18.5. The fourth-order valence-electron chi connectivity index (χ4n) is 1.99. The van der Waals surface area contributed by atoms with Gasteiger partial charge in [-0.25, -0.2) is 4.99 Å². The highest BCUT2D eigenvalue weighted by atomic mass is 16.4. The molecule has 23 heavy (non-hydrogen) atoms. The second-order valence-electron chi connectivity index (χ2n) is 5.21. The quantitative estimate of drug-likeness (QED) is 0.370. The molecule has 0 aromatic heterocycles. The lowest BCUT2D eigenvalue weighted by Crippen LogP contribution is -2.32. The van der Waals surface area contributed by atoms with Crippen molar-refractivity contribution in [1.29, 1.82) is 5.26 Å². The monoisotopic (exact) mass is 316 g/mol. The molecule has 1 aromatic rings. The van der Waals surface area contributed by atoms with Crippen LogP contribution in [-0.4, -0.2) is 30.1 Å². The van der Waals surface area contributed by atoms with Gasteiger partial charge in [-0.1, -0.05) is 32.6 Å². The van der Waals surface area contributed by atoms with E-state index in [2.05, 4.69) is 28.6 Å². The second-order valence-corrected chi connectivity index (χ2v) is 5.21. The number of unbranched alkanes of at least 4 members (excludes halogenated alkanes) is 4. The van der Waals surface area contributed by atoms with Crippen molar-refractivity contribution in [3.63, 3.8) is 0 Å². The number of carboxylic acid groups (broad SMARTS) is 1. The minimum atomic E-state index is -0.978. The van der Waals surface area contributed by atoms with E-state index in [-0.39, 0.29) is 6.54 Å². The van der Waals surface area contributed by atoms with Gasteiger partial charge in [0.25, 0.3) is 0 Å². The molecule has 1 aromatic carbocycles. The summed E-state index contributed by atoms with van der Waals surface area (Å²) in [4.78, 5) is 14.7. The number of aliphatic carboxylic acids is 1. The van der Waals surface area contributed by atoms with E-state index in [0.717, 1.165) is 25.1 Å². The number of guanidine groups is 1. The zero-order valence-corrected chi connectivity index (χ0v) is 13.5. The fraction of sp³-hybridized carbons (Fsp3) is 0.471. The van der Waals surface area contributed by atoms with Crippen LogP contribution in [0.15, 0.2) is 29.3 Å². The summed E-state index contributed by atoms with van der Waals surface area (Å²) in [7, 11) is 0. The van der Waals surface area contributed by atoms with Crippen LogP contribution in [0.1, 0.15) is 44.6 Å². The first-order valence-corrected chi connectivity index (χ1v) is 7.93. The van der Waals surface area contributed by atoms with Gasteiger partial charge in [0, 0.05) is 12.2 Å². The zero-order chi connectivity index (χ0) is 16.9. The Morgan fingerprint density at radius 1 is 1.22 bits per heavy atom. The Hall–Kier alpha value is -2.55. The van der Waals surface area contributed by atoms with Crippen molar-refractivity contribution in [1.82, 2.24) is 5.32 Å². The lowest BCUT2D eigenvalue weighted by Gasteiger charge is -2.12. The minimum Gasteiger partial charge on any atom is -0.480 e. The van der Waals surface area contributed by atoms with Gasteiger partial charge in [0.05, 0.1) is 11.6 Å². The van der Waals surface area contributed by atoms with Crippen LogP contribution in [0.25, 0.3) is 0 Å². The van der Waals surface area contributed by atoms with Crippen molar-refractivity contribution in [2.24, 2.45) is 4.99 Å². The number of nitriles is 1. The van der Waals surface area contributed by atoms with Crippen LogP contribution in [0.5, 0.6) is 0 Å². The third kappa shape index (κ3) is 8.47. The van der Waals surface area contributed by atoms with Gasteiger partial charge in [0.2, 0.25) is 0 Å². The zero-order valence-electron chi connectivity index (χ0n) is 13.5. The number of nitrogens with zero attached hydrogens (tertiary/aromatic N) is 2. The number of carbonyl (C=O) groups is 1. The Balaban J connectivity index is 2.52. The lowest BCUT2D eigenvalue weighted by molar-refractivity contribution is -0.135. The van der Waals surface area contributed by atoms with Crippen molar-refractivity contribution in [2.45, 2.75) is 39.0 Å². The Morgan fingerprint density at radius 3 is 2.52 bits per heavy atom. The molecule has 0 saturated carbocycles. The number of aliphatic imine (C=N–C) groups is 1. The summed E-state index contributed by atoms with van der Waals surface area (Å²) in [6, 6.07) is 8.97. The van der Waals surface area contributed by atoms with E-state index < -0.39 is 5.97 Å². The molecule has 0 unspecified atom stereocenters. The molecule has 124 valence electrons. The Kier molecular flexibility index (Phi) is 8.91. The molecule has 0 aliphatic rings. The Morgan fingerprint density at radius 2 is 1.91 bits per heavy atom. The molecule has 0 heterocycles. The molecule has 6 nitrogen and oxygen atoms in total. The molecule has 1 rings (SSSR count). The van der Waals surface area contributed by atoms with Crippen molar-refractivity contribution in [3.05, 3.63) is 29.8 Å². The summed E-state index contributed by atoms with van der Waals surface area (Å²) in [6.45, 7) is 2.63. The second kappa shape index (κ2) is 11.1. The molecule has 0 aliphatic carbocycles. The predicted octanol–water partition coefficient (Wildman–Crippen LogP) is 2.97. The third-order valence-corrected chi connectivity index (χ3v) is 3.22. The molecular formula is C17H24N4O2. The standard InChI is InChI=1S/C17H24N4O2/c1-2-3-4-5-6-11-19-17(20-13-16(22)23)21-15-9-7-14(12-18)8-10-15/h7-10H,2-6,11,13H2,1H3,(H,22,23)(H2,19,20,21). The van der Waals surface area contributed by atoms with E-state index in [1.807, 2.05) is 0 Å². The predicted molar refractivity (Wildman–Crippen MR) is 91.5 cm³/mol. The topological polar surface area (TPSA) is 97.5 Å². The van der Waals surface area contributed by atoms with E-state index in [4.69, 9.17) is 10.4 Å². The maximum Gasteiger partial charge on any atom is 0.325 e. The van der Waals surface area contributed by atoms with Crippen molar-refractivity contribution >= 4 is 17.6 Å². The average Bonchev–Trinajstić information content (AvgIpc) is 2.56. The summed E-state index contributed by atoms with van der Waals surface area (Å²) >= 11 is 0. The van der Waals surface area contributed by atoms with Crippen molar-refractivity contribution < 1.29 is 9.90 Å². The number of nitrogens with one attached hydrogen (secondary N) is 2. The van der Waals surface area contributed by atoms with Crippen molar-refractivity contribution in [2.75, 3.05) is 18.4 Å². The molecule has 0 aliphatic heterocycles. The largest absolute Gasteiger partial charge is 0.480 e. The normalized spacial score (nSPS) is 10.9. The SMILES string of the molecule is CCCCCCCNC(=NCC(=O)O)Nc1ccc(C#N)cc1. The average molecular weight is 316 g/mol. The first-order chi connectivity index (χ1) is 11.2. The van der Waals surface area contributed by atoms with Gasteiger partial charge in [-0.3, -0.25) is 4.79 Å². The van der Waals surface area contributed by atoms with Gasteiger partial charge in [-0.2, -0.15) is 5.26 Å². The Labute approximate surface area is 137 Å². The fourth-order valence-corrected chi connectivity index (χ4v) is 1.99. The van der Waals surface area contributed by atoms with Gasteiger partial charge >= 0.3 is 5.97 Å². The van der Waals surface area contributed by atoms with E-state index in [1.54, 1.807) is 24.3 Å². The maximum absolute atomic E-state index is 10.7. The molecule has 0 atom stereocenters. The molecule has 0 radical (unpaired) electrons. The summed E-state index contributed by atoms with van der Waals surface area (Å²) in [5, 5.41) is 23.7. The number of rotatable bonds is 9. The molecule has 0 amide bonds. The van der Waals surface area contributed by atoms with Crippen LogP contribution in [0.2, 0.25) is 0 Å². The van der Waals surface area contributed by atoms with Crippen LogP contribution in [0.3, 0.4) is 0 Å². The highest BCUT2D eigenvalue weighted by molar-refractivity contribution is 5.94. The van der Waals surface area contributed by atoms with E-state index in [1.165, 1.54) is 19.3 Å². The highest BCUT2D eigenvalue weighted by Crippen LogP contribution is 2.08. The summed E-state index contributed by atoms with van der Waals surface area (Å²) in [6.07, 6.45) is 5.82. The van der Waals surface area contributed by atoms with Crippen LogP contribution in [-0.2, 0) is 4.79 Å². The van der Waals surface area contributed by atoms with E-state index >= 15 is 0 Å². The number of carboxylic acids is 1. The van der Waals surface area contributed by atoms with Crippen LogP contribution < -0.4 is 10.6 Å². The molecule has 6 heteroatoms. The summed E-state index contributed by atoms with van der Waals surface area (Å²) in [5.74, 6) is -0.540. The van der Waals surface area contributed by atoms with Gasteiger partial charge in [0.1, 0.15) is 6.54 Å². The molecular weight excluding hydrogens is 292 g/mol. The first-order valence-electron chi connectivity index (χ1n) is 7.93. The minimum absolute atomic E-state index is 0.290.